The molecule has 0 aliphatic heterocycles. The lowest BCUT2D eigenvalue weighted by Gasteiger charge is -2.19. The summed E-state index contributed by atoms with van der Waals surface area (Å²) in [6.07, 6.45) is 5.14. The van der Waals surface area contributed by atoms with E-state index in [1.807, 2.05) is 31.3 Å². The van der Waals surface area contributed by atoms with Gasteiger partial charge < -0.3 is 9.32 Å². The molecular weight excluding hydrogens is 344 g/mol. The van der Waals surface area contributed by atoms with Crippen molar-refractivity contribution in [3.63, 3.8) is 0 Å². The van der Waals surface area contributed by atoms with Crippen LogP contribution in [0.15, 0.2) is 65.1 Å². The summed E-state index contributed by atoms with van der Waals surface area (Å²) in [5, 5.41) is 11.4. The number of para-hydroxylation sites is 2. The molecule has 1 saturated carbocycles. The Labute approximate surface area is 164 Å². The van der Waals surface area contributed by atoms with Crippen molar-refractivity contribution in [2.75, 3.05) is 11.9 Å². The Bertz CT molecular complexity index is 1190. The second-order valence-electron chi connectivity index (χ2n) is 7.68. The summed E-state index contributed by atoms with van der Waals surface area (Å²) >= 11 is 0. The van der Waals surface area contributed by atoms with Gasteiger partial charge in [0, 0.05) is 23.5 Å². The normalized spacial score (nSPS) is 14.6. The molecule has 0 saturated heterocycles. The first-order valence-corrected chi connectivity index (χ1v) is 9.94. The largest absolute Gasteiger partial charge is 0.454 e. The molecule has 1 heterocycles. The van der Waals surface area contributed by atoms with Gasteiger partial charge in [0.15, 0.2) is 5.58 Å². The van der Waals surface area contributed by atoms with Crippen LogP contribution in [0.4, 0.5) is 11.4 Å². The minimum atomic E-state index is 0.615. The van der Waals surface area contributed by atoms with Gasteiger partial charge in [0.05, 0.1) is 17.3 Å². The summed E-state index contributed by atoms with van der Waals surface area (Å²) in [6, 6.07) is 22.7. The van der Waals surface area contributed by atoms with Crippen molar-refractivity contribution in [3.05, 3.63) is 71.8 Å². The molecule has 138 valence electrons. The summed E-state index contributed by atoms with van der Waals surface area (Å²) in [5.41, 5.74) is 6.07. The van der Waals surface area contributed by atoms with E-state index in [0.29, 0.717) is 11.5 Å². The summed E-state index contributed by atoms with van der Waals surface area (Å²) in [5.74, 6) is 0.615. The standard InChI is InChI=1S/C25H22N2O/c1-27(19-14-12-17(16-26)13-15-19)23-11-5-10-22-21-9-4-8-20(18-6-2-3-7-18)24(21)28-25(22)23/h4-5,8-15,18H,2-3,6-7H2,1H3. The zero-order valence-corrected chi connectivity index (χ0v) is 16.0. The van der Waals surface area contributed by atoms with Crippen LogP contribution in [0.5, 0.6) is 0 Å². The predicted octanol–water partition coefficient (Wildman–Crippen LogP) is 6.88. The minimum Gasteiger partial charge on any atom is -0.454 e. The molecule has 0 bridgehead atoms. The van der Waals surface area contributed by atoms with Gasteiger partial charge in [0.25, 0.3) is 0 Å². The fourth-order valence-electron chi connectivity index (χ4n) is 4.55. The van der Waals surface area contributed by atoms with Gasteiger partial charge in [-0.05, 0) is 54.7 Å². The molecule has 5 rings (SSSR count). The molecular formula is C25H22N2O. The van der Waals surface area contributed by atoms with Crippen LogP contribution in [0, 0.1) is 11.3 Å². The molecule has 0 radical (unpaired) electrons. The first kappa shape index (κ1) is 16.9. The number of fused-ring (bicyclic) bond motifs is 3. The average molecular weight is 366 g/mol. The number of furan rings is 1. The van der Waals surface area contributed by atoms with Crippen LogP contribution in [-0.2, 0) is 0 Å². The first-order valence-electron chi connectivity index (χ1n) is 9.94. The molecule has 1 fully saturated rings. The Morgan fingerprint density at radius 3 is 2.29 bits per heavy atom. The van der Waals surface area contributed by atoms with E-state index in [1.165, 1.54) is 36.6 Å². The molecule has 0 atom stereocenters. The molecule has 1 aromatic heterocycles. The Kier molecular flexibility index (Phi) is 4.06. The van der Waals surface area contributed by atoms with Gasteiger partial charge in [-0.25, -0.2) is 0 Å². The van der Waals surface area contributed by atoms with Crippen LogP contribution in [0.1, 0.15) is 42.7 Å². The highest BCUT2D eigenvalue weighted by molar-refractivity contribution is 6.10. The van der Waals surface area contributed by atoms with Crippen molar-refractivity contribution in [2.45, 2.75) is 31.6 Å². The van der Waals surface area contributed by atoms with Crippen LogP contribution < -0.4 is 4.90 Å². The highest BCUT2D eigenvalue weighted by atomic mass is 16.3. The maximum Gasteiger partial charge on any atom is 0.159 e. The first-order chi connectivity index (χ1) is 13.8. The van der Waals surface area contributed by atoms with E-state index >= 15 is 0 Å². The Balaban J connectivity index is 1.66. The summed E-state index contributed by atoms with van der Waals surface area (Å²) in [4.78, 5) is 2.13. The van der Waals surface area contributed by atoms with E-state index in [9.17, 15) is 0 Å². The molecule has 0 spiro atoms. The molecule has 1 aliphatic rings. The van der Waals surface area contributed by atoms with Crippen molar-refractivity contribution in [1.82, 2.24) is 0 Å². The van der Waals surface area contributed by atoms with Gasteiger partial charge in [-0.2, -0.15) is 5.26 Å². The van der Waals surface area contributed by atoms with Gasteiger partial charge in [-0.1, -0.05) is 43.2 Å². The molecule has 4 aromatic rings. The molecule has 3 heteroatoms. The molecule has 0 N–H and O–H groups in total. The van der Waals surface area contributed by atoms with E-state index in [-0.39, 0.29) is 0 Å². The smallest absolute Gasteiger partial charge is 0.159 e. The van der Waals surface area contributed by atoms with E-state index in [1.54, 1.807) is 0 Å². The fraction of sp³-hybridized carbons (Fsp3) is 0.240. The zero-order chi connectivity index (χ0) is 19.1. The molecule has 28 heavy (non-hydrogen) atoms. The van der Waals surface area contributed by atoms with Crippen LogP contribution in [0.2, 0.25) is 0 Å². The second-order valence-corrected chi connectivity index (χ2v) is 7.68. The fourth-order valence-corrected chi connectivity index (χ4v) is 4.55. The molecule has 3 nitrogen and oxygen atoms in total. The van der Waals surface area contributed by atoms with Gasteiger partial charge >= 0.3 is 0 Å². The number of nitrogens with zero attached hydrogens (tertiary/aromatic N) is 2. The van der Waals surface area contributed by atoms with E-state index in [4.69, 9.17) is 9.68 Å². The molecule has 1 aliphatic carbocycles. The molecule has 0 unspecified atom stereocenters. The third kappa shape index (κ3) is 2.65. The van der Waals surface area contributed by atoms with E-state index < -0.39 is 0 Å². The van der Waals surface area contributed by atoms with Gasteiger partial charge in [-0.15, -0.1) is 0 Å². The van der Waals surface area contributed by atoms with E-state index in [0.717, 1.165) is 27.9 Å². The zero-order valence-electron chi connectivity index (χ0n) is 16.0. The van der Waals surface area contributed by atoms with Gasteiger partial charge in [0.1, 0.15) is 5.58 Å². The Morgan fingerprint density at radius 2 is 1.57 bits per heavy atom. The van der Waals surface area contributed by atoms with Crippen LogP contribution in [-0.4, -0.2) is 7.05 Å². The lowest BCUT2D eigenvalue weighted by molar-refractivity contribution is 0.643. The summed E-state index contributed by atoms with van der Waals surface area (Å²) < 4.78 is 6.52. The van der Waals surface area contributed by atoms with Crippen LogP contribution in [0.3, 0.4) is 0 Å². The number of hydrogen-bond acceptors (Lipinski definition) is 3. The van der Waals surface area contributed by atoms with Crippen molar-refractivity contribution < 1.29 is 4.42 Å². The van der Waals surface area contributed by atoms with Gasteiger partial charge in [-0.3, -0.25) is 0 Å². The number of hydrogen-bond donors (Lipinski definition) is 0. The summed E-state index contributed by atoms with van der Waals surface area (Å²) in [7, 11) is 2.04. The van der Waals surface area contributed by atoms with Gasteiger partial charge in [0.2, 0.25) is 0 Å². The lowest BCUT2D eigenvalue weighted by Crippen LogP contribution is -2.09. The Morgan fingerprint density at radius 1 is 0.893 bits per heavy atom. The Hall–Kier alpha value is -3.25. The SMILES string of the molecule is CN(c1ccc(C#N)cc1)c1cccc2c1oc1c(C3CCCC3)cccc12. The molecule has 0 amide bonds. The van der Waals surface area contributed by atoms with Crippen LogP contribution in [0.25, 0.3) is 21.9 Å². The monoisotopic (exact) mass is 366 g/mol. The lowest BCUT2D eigenvalue weighted by atomic mass is 9.95. The highest BCUT2D eigenvalue weighted by Gasteiger charge is 2.23. The highest BCUT2D eigenvalue weighted by Crippen LogP contribution is 2.43. The third-order valence-electron chi connectivity index (χ3n) is 6.07. The third-order valence-corrected chi connectivity index (χ3v) is 6.07. The van der Waals surface area contributed by atoms with Crippen molar-refractivity contribution in [3.8, 4) is 6.07 Å². The van der Waals surface area contributed by atoms with Crippen molar-refractivity contribution >= 4 is 33.3 Å². The maximum absolute atomic E-state index is 9.04. The number of anilines is 2. The predicted molar refractivity (Wildman–Crippen MR) is 114 cm³/mol. The van der Waals surface area contributed by atoms with E-state index in [2.05, 4.69) is 47.4 Å². The second kappa shape index (κ2) is 6.73. The number of rotatable bonds is 3. The minimum absolute atomic E-state index is 0.615. The molecule has 3 aromatic carbocycles. The number of nitriles is 1. The van der Waals surface area contributed by atoms with Crippen molar-refractivity contribution in [1.29, 1.82) is 5.26 Å². The quantitative estimate of drug-likeness (QED) is 0.396. The summed E-state index contributed by atoms with van der Waals surface area (Å²) in [6.45, 7) is 0. The average Bonchev–Trinajstić information content (AvgIpc) is 3.41. The maximum atomic E-state index is 9.04. The number of benzene rings is 3. The topological polar surface area (TPSA) is 40.2 Å². The van der Waals surface area contributed by atoms with Crippen LogP contribution >= 0.6 is 0 Å². The van der Waals surface area contributed by atoms with Crippen molar-refractivity contribution in [2.24, 2.45) is 0 Å².